The summed E-state index contributed by atoms with van der Waals surface area (Å²) < 4.78 is 1.82. The average molecular weight is 444 g/mol. The molecule has 30 heavy (non-hydrogen) atoms. The van der Waals surface area contributed by atoms with Crippen molar-refractivity contribution in [2.24, 2.45) is 7.05 Å². The third-order valence-corrected chi connectivity index (χ3v) is 6.72. The summed E-state index contributed by atoms with van der Waals surface area (Å²) in [5, 5.41) is 8.28. The molecule has 4 rings (SSSR count). The van der Waals surface area contributed by atoms with Crippen LogP contribution >= 0.6 is 23.2 Å². The minimum absolute atomic E-state index is 0.00213. The summed E-state index contributed by atoms with van der Waals surface area (Å²) >= 11 is 12.5. The van der Waals surface area contributed by atoms with Gasteiger partial charge in [0.15, 0.2) is 5.78 Å². The summed E-state index contributed by atoms with van der Waals surface area (Å²) in [4.78, 5) is 25.3. The summed E-state index contributed by atoms with van der Waals surface area (Å²) in [5.74, 6) is -0.194. The normalized spacial score (nSPS) is 19.1. The van der Waals surface area contributed by atoms with E-state index in [9.17, 15) is 9.59 Å². The highest BCUT2D eigenvalue weighted by Crippen LogP contribution is 2.34. The number of aryl methyl sites for hydroxylation is 1. The molecular formula is C23H23Cl2N3O2. The number of carbonyl (C=O) groups is 2. The number of nitrogens with zero attached hydrogens (tertiary/aromatic N) is 1. The van der Waals surface area contributed by atoms with Crippen molar-refractivity contribution in [3.8, 4) is 0 Å². The Hall–Kier alpha value is -2.34. The van der Waals surface area contributed by atoms with Gasteiger partial charge in [-0.1, -0.05) is 41.4 Å². The summed E-state index contributed by atoms with van der Waals surface area (Å²) in [5.41, 5.74) is 2.30. The molecule has 1 unspecified atom stereocenters. The molecule has 1 aromatic heterocycles. The molecular weight excluding hydrogens is 421 g/mol. The Morgan fingerprint density at radius 1 is 1.17 bits per heavy atom. The van der Waals surface area contributed by atoms with Crippen molar-refractivity contribution < 1.29 is 9.59 Å². The zero-order valence-electron chi connectivity index (χ0n) is 16.9. The third-order valence-electron chi connectivity index (χ3n) is 5.90. The van der Waals surface area contributed by atoms with E-state index in [0.717, 1.165) is 35.9 Å². The standard InChI is InChI=1S/C23H23Cl2N3O2/c1-14(29)15-5-3-6-16(11-15)23(9-4-10-26-13-23)27-22(30)20-12-17-19(28(20)2)8-7-18(24)21(17)25/h3,5-8,11-12,26H,4,9-10,13H2,1-2H3,(H,27,30). The summed E-state index contributed by atoms with van der Waals surface area (Å²) in [6, 6.07) is 12.9. The highest BCUT2D eigenvalue weighted by Gasteiger charge is 2.36. The second-order valence-corrected chi connectivity index (χ2v) is 8.62. The number of aromatic nitrogens is 1. The van der Waals surface area contributed by atoms with E-state index in [0.29, 0.717) is 27.8 Å². The van der Waals surface area contributed by atoms with Crippen molar-refractivity contribution in [2.45, 2.75) is 25.3 Å². The molecule has 1 atom stereocenters. The Labute approximate surface area is 185 Å². The zero-order valence-corrected chi connectivity index (χ0v) is 18.4. The lowest BCUT2D eigenvalue weighted by molar-refractivity contribution is 0.0868. The quantitative estimate of drug-likeness (QED) is 0.574. The second-order valence-electron chi connectivity index (χ2n) is 7.84. The van der Waals surface area contributed by atoms with Crippen molar-refractivity contribution >= 4 is 45.8 Å². The summed E-state index contributed by atoms with van der Waals surface area (Å²) in [7, 11) is 1.84. The minimum atomic E-state index is -0.599. The lowest BCUT2D eigenvalue weighted by Gasteiger charge is -2.39. The summed E-state index contributed by atoms with van der Waals surface area (Å²) in [6.45, 7) is 3.04. The molecule has 0 spiro atoms. The van der Waals surface area contributed by atoms with E-state index >= 15 is 0 Å². The molecule has 1 fully saturated rings. The Morgan fingerprint density at radius 3 is 2.67 bits per heavy atom. The molecule has 1 aliphatic rings. The van der Waals surface area contributed by atoms with Gasteiger partial charge in [-0.05, 0) is 56.1 Å². The van der Waals surface area contributed by atoms with Gasteiger partial charge in [-0.15, -0.1) is 0 Å². The second kappa shape index (κ2) is 8.06. The Morgan fingerprint density at radius 2 is 1.97 bits per heavy atom. The van der Waals surface area contributed by atoms with Gasteiger partial charge in [0.05, 0.1) is 15.6 Å². The number of piperidine rings is 1. The average Bonchev–Trinajstić information content (AvgIpc) is 3.09. The fourth-order valence-corrected chi connectivity index (χ4v) is 4.59. The first kappa shape index (κ1) is 20.9. The summed E-state index contributed by atoms with van der Waals surface area (Å²) in [6.07, 6.45) is 1.70. The van der Waals surface area contributed by atoms with Crippen LogP contribution < -0.4 is 10.6 Å². The van der Waals surface area contributed by atoms with Gasteiger partial charge in [0, 0.05) is 30.1 Å². The van der Waals surface area contributed by atoms with Crippen LogP contribution in [0.5, 0.6) is 0 Å². The molecule has 1 amide bonds. The van der Waals surface area contributed by atoms with E-state index in [-0.39, 0.29) is 11.7 Å². The molecule has 1 aliphatic heterocycles. The van der Waals surface area contributed by atoms with Gasteiger partial charge in [0.2, 0.25) is 0 Å². The van der Waals surface area contributed by atoms with Gasteiger partial charge in [-0.3, -0.25) is 9.59 Å². The number of rotatable bonds is 4. The number of amides is 1. The molecule has 7 heteroatoms. The molecule has 3 aromatic rings. The number of hydrogen-bond donors (Lipinski definition) is 2. The van der Waals surface area contributed by atoms with Crippen molar-refractivity contribution in [2.75, 3.05) is 13.1 Å². The van der Waals surface area contributed by atoms with Crippen molar-refractivity contribution in [3.63, 3.8) is 0 Å². The van der Waals surface area contributed by atoms with Crippen molar-refractivity contribution in [3.05, 3.63) is 69.3 Å². The number of fused-ring (bicyclic) bond motifs is 1. The van der Waals surface area contributed by atoms with E-state index in [1.807, 2.05) is 35.9 Å². The van der Waals surface area contributed by atoms with Crippen LogP contribution in [-0.4, -0.2) is 29.3 Å². The number of Topliss-reactive ketones (excluding diaryl/α,β-unsaturated/α-hetero) is 1. The van der Waals surface area contributed by atoms with E-state index in [1.54, 1.807) is 25.1 Å². The molecule has 1 saturated heterocycles. The number of ketones is 1. The van der Waals surface area contributed by atoms with Gasteiger partial charge >= 0.3 is 0 Å². The van der Waals surface area contributed by atoms with Gasteiger partial charge in [0.1, 0.15) is 5.69 Å². The maximum Gasteiger partial charge on any atom is 0.268 e. The van der Waals surface area contributed by atoms with E-state index < -0.39 is 5.54 Å². The zero-order chi connectivity index (χ0) is 21.5. The smallest absolute Gasteiger partial charge is 0.268 e. The molecule has 2 N–H and O–H groups in total. The van der Waals surface area contributed by atoms with E-state index in [1.165, 1.54) is 0 Å². The topological polar surface area (TPSA) is 63.1 Å². The van der Waals surface area contributed by atoms with Crippen LogP contribution in [0.4, 0.5) is 0 Å². The monoisotopic (exact) mass is 443 g/mol. The van der Waals surface area contributed by atoms with Crippen LogP contribution in [-0.2, 0) is 12.6 Å². The fraction of sp³-hybridized carbons (Fsp3) is 0.304. The minimum Gasteiger partial charge on any atom is -0.340 e. The first-order valence-electron chi connectivity index (χ1n) is 9.90. The lowest BCUT2D eigenvalue weighted by Crippen LogP contribution is -2.55. The predicted octanol–water partition coefficient (Wildman–Crippen LogP) is 4.70. The molecule has 0 bridgehead atoms. The van der Waals surface area contributed by atoms with Crippen LogP contribution in [0, 0.1) is 0 Å². The van der Waals surface area contributed by atoms with Crippen molar-refractivity contribution in [1.82, 2.24) is 15.2 Å². The maximum atomic E-state index is 13.4. The van der Waals surface area contributed by atoms with Gasteiger partial charge in [-0.2, -0.15) is 0 Å². The van der Waals surface area contributed by atoms with Crippen LogP contribution in [0.25, 0.3) is 10.9 Å². The van der Waals surface area contributed by atoms with E-state index in [4.69, 9.17) is 23.2 Å². The Kier molecular flexibility index (Phi) is 5.62. The molecule has 5 nitrogen and oxygen atoms in total. The number of halogens is 2. The number of nitrogens with one attached hydrogen (secondary N) is 2. The predicted molar refractivity (Wildman–Crippen MR) is 121 cm³/mol. The number of benzene rings is 2. The first-order chi connectivity index (χ1) is 14.3. The van der Waals surface area contributed by atoms with E-state index in [2.05, 4.69) is 10.6 Å². The molecule has 156 valence electrons. The van der Waals surface area contributed by atoms with Gasteiger partial charge in [0.25, 0.3) is 5.91 Å². The highest BCUT2D eigenvalue weighted by molar-refractivity contribution is 6.45. The molecule has 0 radical (unpaired) electrons. The van der Waals surface area contributed by atoms with Crippen molar-refractivity contribution in [1.29, 1.82) is 0 Å². The number of carbonyl (C=O) groups excluding carboxylic acids is 2. The molecule has 2 aromatic carbocycles. The van der Waals surface area contributed by atoms with Gasteiger partial charge in [-0.25, -0.2) is 0 Å². The first-order valence-corrected chi connectivity index (χ1v) is 10.7. The maximum absolute atomic E-state index is 13.4. The third kappa shape index (κ3) is 3.62. The molecule has 0 aliphatic carbocycles. The van der Waals surface area contributed by atoms with Crippen LogP contribution in [0.3, 0.4) is 0 Å². The molecule has 2 heterocycles. The van der Waals surface area contributed by atoms with Crippen LogP contribution in [0.2, 0.25) is 10.0 Å². The van der Waals surface area contributed by atoms with Crippen LogP contribution in [0.15, 0.2) is 42.5 Å². The Balaban J connectivity index is 1.74. The fourth-order valence-electron chi connectivity index (χ4n) is 4.21. The van der Waals surface area contributed by atoms with Gasteiger partial charge < -0.3 is 15.2 Å². The SMILES string of the molecule is CC(=O)c1cccc(C2(NC(=O)c3cc4c(Cl)c(Cl)ccc4n3C)CCCNC2)c1. The highest BCUT2D eigenvalue weighted by atomic mass is 35.5. The largest absolute Gasteiger partial charge is 0.340 e. The Bertz CT molecular complexity index is 1150. The lowest BCUT2D eigenvalue weighted by atomic mass is 9.82. The van der Waals surface area contributed by atoms with Crippen LogP contribution in [0.1, 0.15) is 46.2 Å². The number of hydrogen-bond acceptors (Lipinski definition) is 3. The molecule has 0 saturated carbocycles.